The highest BCUT2D eigenvalue weighted by Gasteiger charge is 2.56. The number of carbonyl (C=O) groups is 3. The summed E-state index contributed by atoms with van der Waals surface area (Å²) in [6, 6.07) is 0. The van der Waals surface area contributed by atoms with Crippen LogP contribution < -0.4 is 0 Å². The van der Waals surface area contributed by atoms with Crippen molar-refractivity contribution in [3.05, 3.63) is 0 Å². The lowest BCUT2D eigenvalue weighted by Gasteiger charge is -2.37. The second-order valence-electron chi connectivity index (χ2n) is 7.55. The van der Waals surface area contributed by atoms with Crippen molar-refractivity contribution in [2.24, 2.45) is 17.3 Å². The molecule has 6 nitrogen and oxygen atoms in total. The summed E-state index contributed by atoms with van der Waals surface area (Å²) < 4.78 is 15.9. The molecule has 2 fully saturated rings. The maximum atomic E-state index is 12.0. The summed E-state index contributed by atoms with van der Waals surface area (Å²) in [5.74, 6) is -1.25. The number of hydrogen-bond acceptors (Lipinski definition) is 6. The molecule has 0 radical (unpaired) electrons. The van der Waals surface area contributed by atoms with Gasteiger partial charge in [0.15, 0.2) is 6.61 Å². The van der Waals surface area contributed by atoms with E-state index in [2.05, 4.69) is 0 Å². The summed E-state index contributed by atoms with van der Waals surface area (Å²) in [6.45, 7) is 8.75. The van der Waals surface area contributed by atoms with Gasteiger partial charge in [-0.1, -0.05) is 13.8 Å². The smallest absolute Gasteiger partial charge is 0.344 e. The molecule has 1 aliphatic heterocycles. The Bertz CT molecular complexity index is 511. The van der Waals surface area contributed by atoms with Crippen LogP contribution in [0.1, 0.15) is 53.9 Å². The van der Waals surface area contributed by atoms with Crippen LogP contribution in [0, 0.1) is 17.3 Å². The second kappa shape index (κ2) is 6.13. The van der Waals surface area contributed by atoms with Crippen LogP contribution in [0.4, 0.5) is 0 Å². The van der Waals surface area contributed by atoms with Crippen LogP contribution in [-0.2, 0) is 28.6 Å². The molecule has 4 atom stereocenters. The van der Waals surface area contributed by atoms with Gasteiger partial charge in [-0.15, -0.1) is 0 Å². The van der Waals surface area contributed by atoms with Gasteiger partial charge in [0.2, 0.25) is 0 Å². The number of carbonyl (C=O) groups excluding carboxylic acids is 3. The minimum atomic E-state index is -0.767. The predicted octanol–water partition coefficient (Wildman–Crippen LogP) is 2.24. The van der Waals surface area contributed by atoms with Gasteiger partial charge in [0.1, 0.15) is 11.7 Å². The molecule has 23 heavy (non-hydrogen) atoms. The maximum Gasteiger partial charge on any atom is 0.344 e. The van der Waals surface area contributed by atoms with E-state index in [1.54, 1.807) is 20.8 Å². The maximum absolute atomic E-state index is 12.0. The summed E-state index contributed by atoms with van der Waals surface area (Å²) in [4.78, 5) is 35.7. The van der Waals surface area contributed by atoms with Gasteiger partial charge in [-0.05, 0) is 39.5 Å². The number of fused-ring (bicyclic) bond motifs is 2. The first-order chi connectivity index (χ1) is 10.6. The van der Waals surface area contributed by atoms with E-state index in [-0.39, 0.29) is 17.8 Å². The van der Waals surface area contributed by atoms with Gasteiger partial charge in [-0.2, -0.15) is 0 Å². The molecule has 2 bridgehead atoms. The Kier molecular flexibility index (Phi) is 4.74. The van der Waals surface area contributed by atoms with E-state index in [9.17, 15) is 14.4 Å². The Morgan fingerprint density at radius 2 is 2.04 bits per heavy atom. The molecule has 0 N–H and O–H groups in total. The van der Waals surface area contributed by atoms with Gasteiger partial charge in [-0.3, -0.25) is 9.59 Å². The van der Waals surface area contributed by atoms with Gasteiger partial charge in [0.05, 0.1) is 11.3 Å². The fourth-order valence-electron chi connectivity index (χ4n) is 3.08. The highest BCUT2D eigenvalue weighted by molar-refractivity contribution is 5.80. The molecule has 1 aliphatic carbocycles. The molecule has 6 heteroatoms. The first kappa shape index (κ1) is 17.8. The third-order valence-electron chi connectivity index (χ3n) is 5.25. The summed E-state index contributed by atoms with van der Waals surface area (Å²) in [5.41, 5.74) is -1.39. The zero-order valence-electron chi connectivity index (χ0n) is 14.5. The van der Waals surface area contributed by atoms with Crippen molar-refractivity contribution in [1.82, 2.24) is 0 Å². The lowest BCUT2D eigenvalue weighted by molar-refractivity contribution is -0.180. The van der Waals surface area contributed by atoms with Crippen molar-refractivity contribution in [2.75, 3.05) is 6.61 Å². The molecule has 2 rings (SSSR count). The van der Waals surface area contributed by atoms with Gasteiger partial charge < -0.3 is 14.2 Å². The van der Waals surface area contributed by atoms with Crippen LogP contribution in [0.15, 0.2) is 0 Å². The van der Waals surface area contributed by atoms with Gasteiger partial charge in [0.25, 0.3) is 0 Å². The minimum absolute atomic E-state index is 0.109. The summed E-state index contributed by atoms with van der Waals surface area (Å²) in [6.07, 6.45) is 1.27. The molecule has 4 unspecified atom stereocenters. The topological polar surface area (TPSA) is 78.9 Å². The first-order valence-corrected chi connectivity index (χ1v) is 8.18. The number of esters is 3. The average Bonchev–Trinajstić information content (AvgIpc) is 2.75. The van der Waals surface area contributed by atoms with Crippen molar-refractivity contribution < 1.29 is 28.6 Å². The summed E-state index contributed by atoms with van der Waals surface area (Å²) >= 11 is 0. The summed E-state index contributed by atoms with van der Waals surface area (Å²) in [5, 5.41) is 0. The van der Waals surface area contributed by atoms with E-state index in [0.29, 0.717) is 19.3 Å². The molecule has 0 aromatic rings. The Morgan fingerprint density at radius 3 is 2.65 bits per heavy atom. The van der Waals surface area contributed by atoms with E-state index in [1.165, 1.54) is 0 Å². The highest BCUT2D eigenvalue weighted by Crippen LogP contribution is 2.46. The fraction of sp³-hybridized carbons (Fsp3) is 0.824. The standard InChI is InChI=1S/C17H26O6/c1-6-16(3,4)15(20)21-9-13(18)22-12-7-10(2)11-8-17(12,5)23-14(11)19/h10-12H,6-9H2,1-5H3. The molecule has 0 aromatic carbocycles. The first-order valence-electron chi connectivity index (χ1n) is 8.18. The Hall–Kier alpha value is -1.59. The van der Waals surface area contributed by atoms with E-state index in [0.717, 1.165) is 0 Å². The van der Waals surface area contributed by atoms with E-state index >= 15 is 0 Å². The number of ether oxygens (including phenoxy) is 3. The van der Waals surface area contributed by atoms with Crippen molar-refractivity contribution in [2.45, 2.75) is 65.6 Å². The SMILES string of the molecule is CCC(C)(C)C(=O)OCC(=O)OC1CC(C)C2CC1(C)OC2=O. The second-order valence-corrected chi connectivity index (χ2v) is 7.55. The molecule has 0 spiro atoms. The van der Waals surface area contributed by atoms with Crippen molar-refractivity contribution in [3.8, 4) is 0 Å². The van der Waals surface area contributed by atoms with Crippen molar-refractivity contribution in [3.63, 3.8) is 0 Å². The third-order valence-corrected chi connectivity index (χ3v) is 5.25. The zero-order valence-corrected chi connectivity index (χ0v) is 14.5. The third kappa shape index (κ3) is 3.51. The van der Waals surface area contributed by atoms with E-state index in [1.807, 2.05) is 13.8 Å². The Morgan fingerprint density at radius 1 is 1.39 bits per heavy atom. The molecule has 2 aliphatic rings. The zero-order chi connectivity index (χ0) is 17.4. The molecular weight excluding hydrogens is 300 g/mol. The molecule has 0 aromatic heterocycles. The Labute approximate surface area is 136 Å². The van der Waals surface area contributed by atoms with E-state index in [4.69, 9.17) is 14.2 Å². The average molecular weight is 326 g/mol. The molecule has 1 heterocycles. The Balaban J connectivity index is 1.91. The molecular formula is C17H26O6. The largest absolute Gasteiger partial charge is 0.456 e. The van der Waals surface area contributed by atoms with Crippen LogP contribution in [0.25, 0.3) is 0 Å². The minimum Gasteiger partial charge on any atom is -0.456 e. The van der Waals surface area contributed by atoms with Crippen LogP contribution in [0.2, 0.25) is 0 Å². The molecule has 0 amide bonds. The molecule has 130 valence electrons. The number of rotatable bonds is 5. The molecule has 1 saturated carbocycles. The van der Waals surface area contributed by atoms with Gasteiger partial charge >= 0.3 is 17.9 Å². The van der Waals surface area contributed by atoms with Crippen LogP contribution in [0.5, 0.6) is 0 Å². The van der Waals surface area contributed by atoms with Crippen molar-refractivity contribution >= 4 is 17.9 Å². The van der Waals surface area contributed by atoms with Crippen LogP contribution in [-0.4, -0.2) is 36.2 Å². The van der Waals surface area contributed by atoms with Crippen LogP contribution in [0.3, 0.4) is 0 Å². The quantitative estimate of drug-likeness (QED) is 0.569. The normalized spacial score (nSPS) is 33.1. The van der Waals surface area contributed by atoms with E-state index < -0.39 is 35.7 Å². The lowest BCUT2D eigenvalue weighted by Crippen LogP contribution is -2.46. The fourth-order valence-corrected chi connectivity index (χ4v) is 3.08. The number of hydrogen-bond donors (Lipinski definition) is 0. The summed E-state index contributed by atoms with van der Waals surface area (Å²) in [7, 11) is 0. The van der Waals surface area contributed by atoms with Crippen LogP contribution >= 0.6 is 0 Å². The lowest BCUT2D eigenvalue weighted by atomic mass is 9.74. The predicted molar refractivity (Wildman–Crippen MR) is 81.3 cm³/mol. The van der Waals surface area contributed by atoms with Crippen molar-refractivity contribution in [1.29, 1.82) is 0 Å². The molecule has 1 saturated heterocycles. The monoisotopic (exact) mass is 326 g/mol. The van der Waals surface area contributed by atoms with Gasteiger partial charge in [0, 0.05) is 6.42 Å². The highest BCUT2D eigenvalue weighted by atomic mass is 16.6. The van der Waals surface area contributed by atoms with Gasteiger partial charge in [-0.25, -0.2) is 4.79 Å².